The molecule has 1 rings (SSSR count). The molecule has 0 heterocycles. The Bertz CT molecular complexity index is 440. The number of nitrogens with one attached hydrogen (secondary N) is 1. The van der Waals surface area contributed by atoms with E-state index in [1.54, 1.807) is 0 Å². The first kappa shape index (κ1) is 11.9. The van der Waals surface area contributed by atoms with Gasteiger partial charge in [0, 0.05) is 11.3 Å². The van der Waals surface area contributed by atoms with E-state index in [2.05, 4.69) is 0 Å². The molecule has 82 valence electrons. The molecule has 0 aliphatic heterocycles. The van der Waals surface area contributed by atoms with Gasteiger partial charge < -0.3 is 15.0 Å². The van der Waals surface area contributed by atoms with Gasteiger partial charge in [-0.25, -0.2) is 4.39 Å². The summed E-state index contributed by atoms with van der Waals surface area (Å²) in [6.07, 6.45) is 0. The number of benzene rings is 1. The highest BCUT2D eigenvalue weighted by molar-refractivity contribution is 7.80. The van der Waals surface area contributed by atoms with E-state index in [1.807, 2.05) is 4.72 Å². The molecule has 0 aliphatic carbocycles. The van der Waals surface area contributed by atoms with E-state index < -0.39 is 28.6 Å². The number of amides is 1. The highest BCUT2D eigenvalue weighted by Gasteiger charge is 2.12. The predicted molar refractivity (Wildman–Crippen MR) is 52.5 cm³/mol. The third-order valence-corrected chi connectivity index (χ3v) is 2.21. The summed E-state index contributed by atoms with van der Waals surface area (Å²) in [5.74, 6) is -1.92. The SMILES string of the molecule is NC(=O)c1cc(NS(=O)[O-])c(Cl)cc1F. The number of anilines is 1. The van der Waals surface area contributed by atoms with Crippen LogP contribution in [0.3, 0.4) is 0 Å². The van der Waals surface area contributed by atoms with Gasteiger partial charge in [0.25, 0.3) is 5.91 Å². The molecule has 8 heteroatoms. The van der Waals surface area contributed by atoms with Gasteiger partial charge in [-0.2, -0.15) is 0 Å². The molecule has 0 saturated heterocycles. The molecule has 0 fully saturated rings. The summed E-state index contributed by atoms with van der Waals surface area (Å²) >= 11 is 2.91. The summed E-state index contributed by atoms with van der Waals surface area (Å²) < 4.78 is 35.6. The van der Waals surface area contributed by atoms with Crippen LogP contribution in [-0.4, -0.2) is 14.7 Å². The largest absolute Gasteiger partial charge is 0.755 e. The Morgan fingerprint density at radius 1 is 1.60 bits per heavy atom. The van der Waals surface area contributed by atoms with Gasteiger partial charge in [0.2, 0.25) is 0 Å². The zero-order valence-corrected chi connectivity index (χ0v) is 8.69. The summed E-state index contributed by atoms with van der Waals surface area (Å²) in [4.78, 5) is 10.7. The molecule has 0 aromatic heterocycles. The number of carbonyl (C=O) groups is 1. The molecular formula is C7H5ClFN2O3S-. The van der Waals surface area contributed by atoms with Crippen LogP contribution in [-0.2, 0) is 11.3 Å². The smallest absolute Gasteiger partial charge is 0.251 e. The molecule has 3 N–H and O–H groups in total. The Balaban J connectivity index is 3.23. The molecule has 0 spiro atoms. The monoisotopic (exact) mass is 251 g/mol. The van der Waals surface area contributed by atoms with E-state index in [0.717, 1.165) is 12.1 Å². The van der Waals surface area contributed by atoms with Gasteiger partial charge in [-0.05, 0) is 12.1 Å². The van der Waals surface area contributed by atoms with Gasteiger partial charge in [-0.15, -0.1) is 0 Å². The lowest BCUT2D eigenvalue weighted by Crippen LogP contribution is -2.14. The maximum atomic E-state index is 13.1. The fraction of sp³-hybridized carbons (Fsp3) is 0. The average Bonchev–Trinajstić information content (AvgIpc) is 2.08. The van der Waals surface area contributed by atoms with Crippen molar-refractivity contribution >= 4 is 34.5 Å². The Hall–Kier alpha value is -1.18. The van der Waals surface area contributed by atoms with E-state index in [-0.39, 0.29) is 10.7 Å². The minimum atomic E-state index is -2.61. The molecule has 0 saturated carbocycles. The second-order valence-electron chi connectivity index (χ2n) is 2.51. The van der Waals surface area contributed by atoms with Gasteiger partial charge in [-0.1, -0.05) is 11.6 Å². The summed E-state index contributed by atoms with van der Waals surface area (Å²) in [5, 5.41) is -0.165. The first-order valence-corrected chi connectivity index (χ1v) is 5.02. The van der Waals surface area contributed by atoms with Crippen LogP contribution in [0.25, 0.3) is 0 Å². The standard InChI is InChI=1S/C7H6ClFN2O3S/c8-4-2-5(9)3(7(10)12)1-6(4)11-15(13)14/h1-2,11H,(H2,10,12)(H,13,14)/p-1. The zero-order valence-electron chi connectivity index (χ0n) is 7.12. The van der Waals surface area contributed by atoms with Gasteiger partial charge in [0.15, 0.2) is 0 Å². The maximum absolute atomic E-state index is 13.1. The molecule has 0 radical (unpaired) electrons. The van der Waals surface area contributed by atoms with E-state index >= 15 is 0 Å². The van der Waals surface area contributed by atoms with Gasteiger partial charge >= 0.3 is 0 Å². The fourth-order valence-electron chi connectivity index (χ4n) is 0.906. The molecule has 1 atom stereocenters. The number of carbonyl (C=O) groups excluding carboxylic acids is 1. The van der Waals surface area contributed by atoms with Crippen molar-refractivity contribution in [1.29, 1.82) is 0 Å². The number of primary amides is 1. The topological polar surface area (TPSA) is 95.2 Å². The number of rotatable bonds is 3. The lowest BCUT2D eigenvalue weighted by atomic mass is 10.2. The summed E-state index contributed by atoms with van der Waals surface area (Å²) in [7, 11) is 0. The Morgan fingerprint density at radius 2 is 2.20 bits per heavy atom. The quantitative estimate of drug-likeness (QED) is 0.777. The lowest BCUT2D eigenvalue weighted by molar-refractivity contribution is 0.0996. The Labute approximate surface area is 91.8 Å². The van der Waals surface area contributed by atoms with Crippen molar-refractivity contribution in [3.63, 3.8) is 0 Å². The second-order valence-corrected chi connectivity index (χ2v) is 3.59. The van der Waals surface area contributed by atoms with Crippen molar-refractivity contribution in [2.45, 2.75) is 0 Å². The van der Waals surface area contributed by atoms with Gasteiger partial charge in [-0.3, -0.25) is 9.00 Å². The average molecular weight is 252 g/mol. The van der Waals surface area contributed by atoms with Crippen LogP contribution >= 0.6 is 11.6 Å². The first-order chi connectivity index (χ1) is 6.91. The zero-order chi connectivity index (χ0) is 11.6. The highest BCUT2D eigenvalue weighted by Crippen LogP contribution is 2.25. The minimum absolute atomic E-state index is 0.111. The number of nitrogens with two attached hydrogens (primary N) is 1. The highest BCUT2D eigenvalue weighted by atomic mass is 35.5. The first-order valence-electron chi connectivity index (χ1n) is 3.56. The van der Waals surface area contributed by atoms with Crippen LogP contribution in [0.1, 0.15) is 10.4 Å². The van der Waals surface area contributed by atoms with Crippen LogP contribution in [0.15, 0.2) is 12.1 Å². The van der Waals surface area contributed by atoms with Crippen LogP contribution < -0.4 is 10.5 Å². The normalized spacial score (nSPS) is 12.2. The van der Waals surface area contributed by atoms with E-state index in [0.29, 0.717) is 0 Å². The van der Waals surface area contributed by atoms with Crippen molar-refractivity contribution < 1.29 is 17.9 Å². The predicted octanol–water partition coefficient (Wildman–Crippen LogP) is 0.784. The van der Waals surface area contributed by atoms with E-state index in [4.69, 9.17) is 17.3 Å². The molecule has 1 unspecified atom stereocenters. The number of hydrogen-bond acceptors (Lipinski definition) is 3. The fourth-order valence-corrected chi connectivity index (χ4v) is 1.51. The molecule has 1 aromatic carbocycles. The second kappa shape index (κ2) is 4.56. The summed E-state index contributed by atoms with van der Waals surface area (Å²) in [6, 6.07) is 1.73. The van der Waals surface area contributed by atoms with Crippen LogP contribution in [0.2, 0.25) is 5.02 Å². The third kappa shape index (κ3) is 2.88. The maximum Gasteiger partial charge on any atom is 0.251 e. The van der Waals surface area contributed by atoms with Crippen molar-refractivity contribution in [2.75, 3.05) is 4.72 Å². The third-order valence-electron chi connectivity index (χ3n) is 1.52. The lowest BCUT2D eigenvalue weighted by Gasteiger charge is -2.11. The molecule has 1 aromatic rings. The molecule has 5 nitrogen and oxygen atoms in total. The van der Waals surface area contributed by atoms with Crippen LogP contribution in [0.5, 0.6) is 0 Å². The molecular weight excluding hydrogens is 247 g/mol. The van der Waals surface area contributed by atoms with E-state index in [9.17, 15) is 17.9 Å². The van der Waals surface area contributed by atoms with Crippen molar-refractivity contribution in [3.8, 4) is 0 Å². The summed E-state index contributed by atoms with van der Waals surface area (Å²) in [5.41, 5.74) is 4.31. The van der Waals surface area contributed by atoms with Crippen LogP contribution in [0.4, 0.5) is 10.1 Å². The number of hydrogen-bond donors (Lipinski definition) is 2. The molecule has 0 aliphatic rings. The van der Waals surface area contributed by atoms with Crippen molar-refractivity contribution in [3.05, 3.63) is 28.5 Å². The van der Waals surface area contributed by atoms with Crippen molar-refractivity contribution in [1.82, 2.24) is 0 Å². The molecule has 15 heavy (non-hydrogen) atoms. The minimum Gasteiger partial charge on any atom is -0.755 e. The number of halogens is 2. The Kier molecular flexibility index (Phi) is 3.61. The van der Waals surface area contributed by atoms with Crippen molar-refractivity contribution in [2.24, 2.45) is 5.73 Å². The summed E-state index contributed by atoms with van der Waals surface area (Å²) in [6.45, 7) is 0. The van der Waals surface area contributed by atoms with Crippen LogP contribution in [0, 0.1) is 5.82 Å². The molecule has 0 bridgehead atoms. The van der Waals surface area contributed by atoms with Gasteiger partial charge in [0.05, 0.1) is 16.3 Å². The van der Waals surface area contributed by atoms with Gasteiger partial charge in [0.1, 0.15) is 5.82 Å². The Morgan fingerprint density at radius 3 is 2.67 bits per heavy atom. The molecule has 1 amide bonds. The van der Waals surface area contributed by atoms with E-state index in [1.165, 1.54) is 0 Å².